The van der Waals surface area contributed by atoms with Gasteiger partial charge < -0.3 is 4.74 Å². The Morgan fingerprint density at radius 1 is 1.50 bits per heavy atom. The number of hydrogen-bond donors (Lipinski definition) is 0. The summed E-state index contributed by atoms with van der Waals surface area (Å²) in [6.45, 7) is 5.00. The van der Waals surface area contributed by atoms with Crippen LogP contribution in [0.1, 0.15) is 18.4 Å². The Labute approximate surface area is 89.6 Å². The zero-order valence-corrected chi connectivity index (χ0v) is 8.83. The average Bonchev–Trinajstić information content (AvgIpc) is 2.21. The van der Waals surface area contributed by atoms with E-state index in [2.05, 4.69) is 11.6 Å². The van der Waals surface area contributed by atoms with E-state index in [4.69, 9.17) is 16.3 Å². The first-order chi connectivity index (χ1) is 6.83. The van der Waals surface area contributed by atoms with Crippen molar-refractivity contribution >= 4 is 11.6 Å². The van der Waals surface area contributed by atoms with Crippen molar-refractivity contribution in [3.8, 4) is 0 Å². The molecule has 0 amide bonds. The lowest BCUT2D eigenvalue weighted by Gasteiger charge is -2.02. The molecular formula is C11H14ClNO. The van der Waals surface area contributed by atoms with Crippen LogP contribution in [0.2, 0.25) is 5.15 Å². The molecule has 0 N–H and O–H groups in total. The minimum absolute atomic E-state index is 0.514. The number of unbranched alkanes of at least 4 members (excludes halogenated alkanes) is 1. The van der Waals surface area contributed by atoms with Gasteiger partial charge in [0, 0.05) is 12.8 Å². The zero-order valence-electron chi connectivity index (χ0n) is 8.08. The molecule has 0 unspecified atom stereocenters. The molecule has 1 rings (SSSR count). The molecule has 14 heavy (non-hydrogen) atoms. The van der Waals surface area contributed by atoms with E-state index in [-0.39, 0.29) is 0 Å². The Kier molecular flexibility index (Phi) is 5.27. The molecule has 0 spiro atoms. The number of pyridine rings is 1. The first-order valence-electron chi connectivity index (χ1n) is 4.62. The molecule has 0 saturated carbocycles. The summed E-state index contributed by atoms with van der Waals surface area (Å²) in [6.07, 6.45) is 5.65. The molecule has 76 valence electrons. The number of nitrogens with zero attached hydrogens (tertiary/aromatic N) is 1. The highest BCUT2D eigenvalue weighted by molar-refractivity contribution is 6.29. The van der Waals surface area contributed by atoms with E-state index >= 15 is 0 Å². The molecule has 0 saturated heterocycles. The summed E-state index contributed by atoms with van der Waals surface area (Å²) < 4.78 is 5.43. The van der Waals surface area contributed by atoms with Crippen molar-refractivity contribution in [2.24, 2.45) is 0 Å². The van der Waals surface area contributed by atoms with Crippen LogP contribution in [0, 0.1) is 0 Å². The Bertz CT molecular complexity index is 271. The fraction of sp³-hybridized carbons (Fsp3) is 0.364. The summed E-state index contributed by atoms with van der Waals surface area (Å²) in [5.74, 6) is 0. The predicted molar refractivity (Wildman–Crippen MR) is 58.3 cm³/mol. The van der Waals surface area contributed by atoms with Crippen molar-refractivity contribution in [2.75, 3.05) is 6.61 Å². The van der Waals surface area contributed by atoms with Crippen LogP contribution < -0.4 is 0 Å². The lowest BCUT2D eigenvalue weighted by atomic mass is 10.3. The van der Waals surface area contributed by atoms with Crippen molar-refractivity contribution < 1.29 is 4.74 Å². The summed E-state index contributed by atoms with van der Waals surface area (Å²) in [6, 6.07) is 3.69. The second kappa shape index (κ2) is 6.57. The zero-order chi connectivity index (χ0) is 10.2. The molecular weight excluding hydrogens is 198 g/mol. The van der Waals surface area contributed by atoms with Crippen molar-refractivity contribution in [1.82, 2.24) is 4.98 Å². The number of rotatable bonds is 6. The van der Waals surface area contributed by atoms with Gasteiger partial charge in [-0.15, -0.1) is 6.58 Å². The van der Waals surface area contributed by atoms with Crippen LogP contribution in [-0.4, -0.2) is 11.6 Å². The van der Waals surface area contributed by atoms with Crippen LogP contribution in [0.4, 0.5) is 0 Å². The van der Waals surface area contributed by atoms with Gasteiger partial charge in [-0.05, 0) is 24.5 Å². The van der Waals surface area contributed by atoms with Crippen LogP contribution in [0.15, 0.2) is 31.0 Å². The lowest BCUT2D eigenvalue weighted by molar-refractivity contribution is 0.119. The lowest BCUT2D eigenvalue weighted by Crippen LogP contribution is -1.95. The van der Waals surface area contributed by atoms with Gasteiger partial charge in [0.25, 0.3) is 0 Å². The molecule has 2 nitrogen and oxygen atoms in total. The molecule has 1 aromatic heterocycles. The van der Waals surface area contributed by atoms with Crippen molar-refractivity contribution in [3.05, 3.63) is 41.7 Å². The molecule has 0 aromatic carbocycles. The fourth-order valence-electron chi connectivity index (χ4n) is 1.01. The molecule has 1 heterocycles. The SMILES string of the molecule is C=CCCCOCc1ccc(Cl)nc1. The van der Waals surface area contributed by atoms with E-state index in [0.717, 1.165) is 25.0 Å². The highest BCUT2D eigenvalue weighted by Crippen LogP contribution is 2.06. The third-order valence-electron chi connectivity index (χ3n) is 1.75. The fourth-order valence-corrected chi connectivity index (χ4v) is 1.12. The van der Waals surface area contributed by atoms with E-state index in [1.165, 1.54) is 0 Å². The quantitative estimate of drug-likeness (QED) is 0.410. The number of allylic oxidation sites excluding steroid dienone is 1. The van der Waals surface area contributed by atoms with Gasteiger partial charge in [0.05, 0.1) is 6.61 Å². The van der Waals surface area contributed by atoms with Crippen LogP contribution in [0.3, 0.4) is 0 Å². The minimum atomic E-state index is 0.514. The molecule has 0 aliphatic carbocycles. The van der Waals surface area contributed by atoms with Gasteiger partial charge in [0.2, 0.25) is 0 Å². The van der Waals surface area contributed by atoms with Crippen LogP contribution in [0.5, 0.6) is 0 Å². The third kappa shape index (κ3) is 4.40. The van der Waals surface area contributed by atoms with Gasteiger partial charge in [-0.1, -0.05) is 23.7 Å². The van der Waals surface area contributed by atoms with Crippen molar-refractivity contribution in [1.29, 1.82) is 0 Å². The normalized spacial score (nSPS) is 10.1. The second-order valence-electron chi connectivity index (χ2n) is 2.97. The Balaban J connectivity index is 2.18. The van der Waals surface area contributed by atoms with Gasteiger partial charge >= 0.3 is 0 Å². The third-order valence-corrected chi connectivity index (χ3v) is 1.98. The van der Waals surface area contributed by atoms with E-state index in [0.29, 0.717) is 11.8 Å². The summed E-state index contributed by atoms with van der Waals surface area (Å²) in [5.41, 5.74) is 1.05. The highest BCUT2D eigenvalue weighted by Gasteiger charge is 1.93. The predicted octanol–water partition coefficient (Wildman–Crippen LogP) is 3.22. The van der Waals surface area contributed by atoms with Crippen LogP contribution in [-0.2, 0) is 11.3 Å². The Morgan fingerprint density at radius 3 is 3.00 bits per heavy atom. The summed E-state index contributed by atoms with van der Waals surface area (Å²) in [5, 5.41) is 0.514. The van der Waals surface area contributed by atoms with E-state index in [1.807, 2.05) is 12.1 Å². The van der Waals surface area contributed by atoms with E-state index in [1.54, 1.807) is 12.3 Å². The maximum atomic E-state index is 5.65. The smallest absolute Gasteiger partial charge is 0.129 e. The molecule has 0 radical (unpaired) electrons. The standard InChI is InChI=1S/C11H14ClNO/c1-2-3-4-7-14-9-10-5-6-11(12)13-8-10/h2,5-6,8H,1,3-4,7,9H2. The molecule has 0 fully saturated rings. The molecule has 1 aromatic rings. The first-order valence-corrected chi connectivity index (χ1v) is 5.00. The van der Waals surface area contributed by atoms with Crippen LogP contribution in [0.25, 0.3) is 0 Å². The topological polar surface area (TPSA) is 22.1 Å². The summed E-state index contributed by atoms with van der Waals surface area (Å²) in [7, 11) is 0. The number of aromatic nitrogens is 1. The van der Waals surface area contributed by atoms with Gasteiger partial charge in [0.15, 0.2) is 0 Å². The number of halogens is 1. The molecule has 0 aliphatic rings. The largest absolute Gasteiger partial charge is 0.377 e. The maximum Gasteiger partial charge on any atom is 0.129 e. The maximum absolute atomic E-state index is 5.65. The van der Waals surface area contributed by atoms with Crippen molar-refractivity contribution in [2.45, 2.75) is 19.4 Å². The molecule has 0 atom stereocenters. The summed E-state index contributed by atoms with van der Waals surface area (Å²) in [4.78, 5) is 3.96. The Morgan fingerprint density at radius 2 is 2.36 bits per heavy atom. The van der Waals surface area contributed by atoms with Gasteiger partial charge in [-0.2, -0.15) is 0 Å². The number of ether oxygens (including phenoxy) is 1. The second-order valence-corrected chi connectivity index (χ2v) is 3.36. The van der Waals surface area contributed by atoms with Gasteiger partial charge in [-0.3, -0.25) is 0 Å². The van der Waals surface area contributed by atoms with Crippen LogP contribution >= 0.6 is 11.6 Å². The van der Waals surface area contributed by atoms with Crippen molar-refractivity contribution in [3.63, 3.8) is 0 Å². The van der Waals surface area contributed by atoms with Gasteiger partial charge in [0.1, 0.15) is 5.15 Å². The Hall–Kier alpha value is -0.860. The number of hydrogen-bond acceptors (Lipinski definition) is 2. The molecule has 0 bridgehead atoms. The monoisotopic (exact) mass is 211 g/mol. The summed E-state index contributed by atoms with van der Waals surface area (Å²) >= 11 is 5.65. The minimum Gasteiger partial charge on any atom is -0.377 e. The van der Waals surface area contributed by atoms with E-state index < -0.39 is 0 Å². The van der Waals surface area contributed by atoms with E-state index in [9.17, 15) is 0 Å². The highest BCUT2D eigenvalue weighted by atomic mass is 35.5. The van der Waals surface area contributed by atoms with Gasteiger partial charge in [-0.25, -0.2) is 4.98 Å². The first kappa shape index (κ1) is 11.2. The molecule has 0 aliphatic heterocycles. The average molecular weight is 212 g/mol. The molecule has 3 heteroatoms.